The maximum atomic E-state index is 9.93. The number of hydrogen-bond acceptors (Lipinski definition) is 9. The number of methoxy groups -OCH3 is 1. The number of anilines is 3. The highest BCUT2D eigenvalue weighted by Gasteiger charge is 2.21. The van der Waals surface area contributed by atoms with Crippen LogP contribution in [0.3, 0.4) is 0 Å². The van der Waals surface area contributed by atoms with Crippen LogP contribution >= 0.6 is 15.9 Å². The number of halogens is 1. The predicted octanol–water partition coefficient (Wildman–Crippen LogP) is 2.99. The molecule has 0 aliphatic carbocycles. The van der Waals surface area contributed by atoms with Crippen molar-refractivity contribution >= 4 is 40.0 Å². The summed E-state index contributed by atoms with van der Waals surface area (Å²) < 4.78 is 5.70. The van der Waals surface area contributed by atoms with Crippen molar-refractivity contribution in [2.45, 2.75) is 25.7 Å². The van der Waals surface area contributed by atoms with Crippen LogP contribution in [0.25, 0.3) is 0 Å². The van der Waals surface area contributed by atoms with E-state index in [-0.39, 0.29) is 5.75 Å². The molecule has 1 aromatic carbocycles. The second-order valence-corrected chi connectivity index (χ2v) is 7.93. The van der Waals surface area contributed by atoms with E-state index in [1.165, 1.54) is 7.11 Å². The summed E-state index contributed by atoms with van der Waals surface area (Å²) in [4.78, 5) is 18.2. The molecule has 0 amide bonds. The molecule has 3 heterocycles. The van der Waals surface area contributed by atoms with Gasteiger partial charge in [0.25, 0.3) is 0 Å². The zero-order valence-electron chi connectivity index (χ0n) is 16.3. The molecule has 2 N–H and O–H groups in total. The van der Waals surface area contributed by atoms with Crippen molar-refractivity contribution in [3.8, 4) is 11.5 Å². The molecule has 2 saturated heterocycles. The van der Waals surface area contributed by atoms with Crippen LogP contribution in [0.15, 0.2) is 21.7 Å². The van der Waals surface area contributed by atoms with E-state index >= 15 is 0 Å². The van der Waals surface area contributed by atoms with Gasteiger partial charge in [-0.25, -0.2) is 5.43 Å². The first kappa shape index (κ1) is 19.7. The highest BCUT2D eigenvalue weighted by Crippen LogP contribution is 2.34. The van der Waals surface area contributed by atoms with Gasteiger partial charge in [0.2, 0.25) is 17.8 Å². The topological polar surface area (TPSA) is 99.0 Å². The minimum Gasteiger partial charge on any atom is -0.503 e. The van der Waals surface area contributed by atoms with Crippen molar-refractivity contribution < 1.29 is 9.84 Å². The minimum absolute atomic E-state index is 0.0561. The molecule has 2 aromatic rings. The van der Waals surface area contributed by atoms with E-state index in [9.17, 15) is 5.11 Å². The second-order valence-electron chi connectivity index (χ2n) is 7.07. The highest BCUT2D eigenvalue weighted by molar-refractivity contribution is 9.10. The summed E-state index contributed by atoms with van der Waals surface area (Å²) >= 11 is 3.31. The van der Waals surface area contributed by atoms with Gasteiger partial charge in [0, 0.05) is 26.2 Å². The summed E-state index contributed by atoms with van der Waals surface area (Å²) in [5, 5.41) is 14.2. The SMILES string of the molecule is COc1cc(/C=N\Nc2nc(N3CCCC3)nc(N3CCCC3)n2)cc(Br)c1O. The van der Waals surface area contributed by atoms with E-state index in [1.54, 1.807) is 18.3 Å². The second kappa shape index (κ2) is 8.81. The first-order valence-corrected chi connectivity index (χ1v) is 10.5. The predicted molar refractivity (Wildman–Crippen MR) is 116 cm³/mol. The number of rotatable bonds is 6. The molecule has 2 aliphatic rings. The fourth-order valence-corrected chi connectivity index (χ4v) is 3.97. The molecule has 2 fully saturated rings. The maximum absolute atomic E-state index is 9.93. The zero-order valence-corrected chi connectivity index (χ0v) is 17.9. The van der Waals surface area contributed by atoms with E-state index in [1.807, 2.05) is 0 Å². The molecule has 29 heavy (non-hydrogen) atoms. The van der Waals surface area contributed by atoms with Gasteiger partial charge in [0.1, 0.15) is 0 Å². The van der Waals surface area contributed by atoms with Crippen LogP contribution in [0.1, 0.15) is 31.2 Å². The van der Waals surface area contributed by atoms with E-state index in [0.717, 1.165) is 57.4 Å². The summed E-state index contributed by atoms with van der Waals surface area (Å²) in [6, 6.07) is 3.45. The average Bonchev–Trinajstić information content (AvgIpc) is 3.44. The van der Waals surface area contributed by atoms with Crippen molar-refractivity contribution in [1.82, 2.24) is 15.0 Å². The number of hydrogen-bond donors (Lipinski definition) is 2. The smallest absolute Gasteiger partial charge is 0.250 e. The van der Waals surface area contributed by atoms with Crippen LogP contribution in [0.5, 0.6) is 11.5 Å². The third-order valence-electron chi connectivity index (χ3n) is 5.04. The molecule has 0 radical (unpaired) electrons. The lowest BCUT2D eigenvalue weighted by Crippen LogP contribution is -2.25. The third-order valence-corrected chi connectivity index (χ3v) is 5.64. The average molecular weight is 462 g/mol. The van der Waals surface area contributed by atoms with E-state index in [2.05, 4.69) is 46.2 Å². The summed E-state index contributed by atoms with van der Waals surface area (Å²) in [5.41, 5.74) is 3.68. The largest absolute Gasteiger partial charge is 0.503 e. The van der Waals surface area contributed by atoms with E-state index in [0.29, 0.717) is 28.1 Å². The number of phenolic OH excluding ortho intramolecular Hbond substituents is 1. The standard InChI is InChI=1S/C19H24BrN7O2/c1-29-15-11-13(10-14(20)16(15)28)12-21-25-17-22-18(26-6-2-3-7-26)24-19(23-17)27-8-4-5-9-27/h10-12,28H,2-9H2,1H3,(H,22,23,24,25)/b21-12-. The van der Waals surface area contributed by atoms with Gasteiger partial charge in [-0.2, -0.15) is 20.1 Å². The molecular formula is C19H24BrN7O2. The van der Waals surface area contributed by atoms with Crippen LogP contribution in [-0.4, -0.2) is 59.6 Å². The number of phenols is 1. The van der Waals surface area contributed by atoms with Crippen molar-refractivity contribution in [2.24, 2.45) is 5.10 Å². The Balaban J connectivity index is 1.55. The molecule has 154 valence electrons. The zero-order chi connectivity index (χ0) is 20.2. The molecule has 9 nitrogen and oxygen atoms in total. The first-order valence-electron chi connectivity index (χ1n) is 9.75. The van der Waals surface area contributed by atoms with Crippen molar-refractivity contribution in [1.29, 1.82) is 0 Å². The van der Waals surface area contributed by atoms with Crippen molar-refractivity contribution in [3.05, 3.63) is 22.2 Å². The van der Waals surface area contributed by atoms with Crippen LogP contribution in [0.4, 0.5) is 17.8 Å². The van der Waals surface area contributed by atoms with E-state index in [4.69, 9.17) is 9.72 Å². The molecule has 4 rings (SSSR count). The number of nitrogens with one attached hydrogen (secondary N) is 1. The molecule has 0 spiro atoms. The number of benzene rings is 1. The quantitative estimate of drug-likeness (QED) is 0.500. The number of ether oxygens (including phenoxy) is 1. The molecule has 0 atom stereocenters. The van der Waals surface area contributed by atoms with Crippen LogP contribution in [0.2, 0.25) is 0 Å². The molecule has 0 unspecified atom stereocenters. The molecule has 2 aliphatic heterocycles. The summed E-state index contributed by atoms with van der Waals surface area (Å²) in [6.07, 6.45) is 6.25. The lowest BCUT2D eigenvalue weighted by Gasteiger charge is -2.20. The van der Waals surface area contributed by atoms with Crippen molar-refractivity contribution in [3.63, 3.8) is 0 Å². The number of aromatic hydroxyl groups is 1. The number of aromatic nitrogens is 3. The Hall–Kier alpha value is -2.62. The number of nitrogens with zero attached hydrogens (tertiary/aromatic N) is 6. The van der Waals surface area contributed by atoms with Gasteiger partial charge in [-0.15, -0.1) is 0 Å². The van der Waals surface area contributed by atoms with Gasteiger partial charge < -0.3 is 19.6 Å². The monoisotopic (exact) mass is 461 g/mol. The third kappa shape index (κ3) is 4.52. The van der Waals surface area contributed by atoms with Crippen LogP contribution in [0, 0.1) is 0 Å². The maximum Gasteiger partial charge on any atom is 0.250 e. The normalized spacial score (nSPS) is 16.8. The molecule has 0 bridgehead atoms. The van der Waals surface area contributed by atoms with Crippen molar-refractivity contribution in [2.75, 3.05) is 48.5 Å². The molecule has 10 heteroatoms. The Morgan fingerprint density at radius 3 is 2.17 bits per heavy atom. The number of hydrazone groups is 1. The minimum atomic E-state index is 0.0561. The van der Waals surface area contributed by atoms with Gasteiger partial charge in [-0.1, -0.05) is 0 Å². The molecular weight excluding hydrogens is 438 g/mol. The van der Waals surface area contributed by atoms with Gasteiger partial charge in [-0.05, 0) is 59.3 Å². The molecule has 0 saturated carbocycles. The lowest BCUT2D eigenvalue weighted by molar-refractivity contribution is 0.372. The molecule has 1 aromatic heterocycles. The van der Waals surface area contributed by atoms with Gasteiger partial charge >= 0.3 is 0 Å². The lowest BCUT2D eigenvalue weighted by atomic mass is 10.2. The first-order chi connectivity index (χ1) is 14.1. The Bertz CT molecular complexity index is 862. The Morgan fingerprint density at radius 2 is 1.62 bits per heavy atom. The summed E-state index contributed by atoms with van der Waals surface area (Å²) in [7, 11) is 1.51. The highest BCUT2D eigenvalue weighted by atomic mass is 79.9. The van der Waals surface area contributed by atoms with E-state index < -0.39 is 0 Å². The Kier molecular flexibility index (Phi) is 5.98. The van der Waals surface area contributed by atoms with Crippen LogP contribution in [-0.2, 0) is 0 Å². The van der Waals surface area contributed by atoms with Gasteiger partial charge in [-0.3, -0.25) is 0 Å². The summed E-state index contributed by atoms with van der Waals surface area (Å²) in [6.45, 7) is 3.86. The summed E-state index contributed by atoms with van der Waals surface area (Å²) in [5.74, 6) is 2.25. The van der Waals surface area contributed by atoms with Gasteiger partial charge in [0.15, 0.2) is 11.5 Å². The Morgan fingerprint density at radius 1 is 1.03 bits per heavy atom. The fraction of sp³-hybridized carbons (Fsp3) is 0.474. The Labute approximate surface area is 177 Å². The van der Waals surface area contributed by atoms with Gasteiger partial charge in [0.05, 0.1) is 17.8 Å². The van der Waals surface area contributed by atoms with Crippen LogP contribution < -0.4 is 20.0 Å². The fourth-order valence-electron chi connectivity index (χ4n) is 3.51.